The van der Waals surface area contributed by atoms with Crippen molar-refractivity contribution in [2.75, 3.05) is 6.54 Å². The number of allylic oxidation sites excluding steroid dienone is 2. The van der Waals surface area contributed by atoms with E-state index < -0.39 is 0 Å². The van der Waals surface area contributed by atoms with E-state index in [-0.39, 0.29) is 0 Å². The Bertz CT molecular complexity index is 193. The summed E-state index contributed by atoms with van der Waals surface area (Å²) in [5.74, 6) is 2.89. The van der Waals surface area contributed by atoms with Gasteiger partial charge in [0.1, 0.15) is 0 Å². The summed E-state index contributed by atoms with van der Waals surface area (Å²) in [6.45, 7) is 1.27. The highest BCUT2D eigenvalue weighted by molar-refractivity contribution is 5.12. The Morgan fingerprint density at radius 3 is 2.55 bits per heavy atom. The smallest absolute Gasteiger partial charge is 0.0113 e. The summed E-state index contributed by atoms with van der Waals surface area (Å²) < 4.78 is 0. The highest BCUT2D eigenvalue weighted by Gasteiger charge is 2.41. The highest BCUT2D eigenvalue weighted by Crippen LogP contribution is 2.46. The van der Waals surface area contributed by atoms with Crippen LogP contribution in [0.1, 0.15) is 19.3 Å². The quantitative estimate of drug-likeness (QED) is 0.558. The first kappa shape index (κ1) is 6.24. The molecule has 1 saturated heterocycles. The summed E-state index contributed by atoms with van der Waals surface area (Å²) in [6, 6.07) is 0.884. The lowest BCUT2D eigenvalue weighted by Gasteiger charge is -2.36. The molecule has 0 aromatic heterocycles. The van der Waals surface area contributed by atoms with Crippen LogP contribution in [0.15, 0.2) is 12.2 Å². The van der Waals surface area contributed by atoms with Gasteiger partial charge in [0.05, 0.1) is 0 Å². The molecule has 1 heterocycles. The van der Waals surface area contributed by atoms with Crippen molar-refractivity contribution >= 4 is 0 Å². The highest BCUT2D eigenvalue weighted by atomic mass is 15.0. The van der Waals surface area contributed by atoms with Crippen LogP contribution in [0.2, 0.25) is 0 Å². The Labute approximate surface area is 67.9 Å². The first-order chi connectivity index (χ1) is 5.43. The van der Waals surface area contributed by atoms with E-state index >= 15 is 0 Å². The Morgan fingerprint density at radius 1 is 1.18 bits per heavy atom. The van der Waals surface area contributed by atoms with Crippen LogP contribution < -0.4 is 5.32 Å². The van der Waals surface area contributed by atoms with Crippen molar-refractivity contribution in [2.24, 2.45) is 17.8 Å². The molecule has 60 valence electrons. The topological polar surface area (TPSA) is 12.0 Å². The summed E-state index contributed by atoms with van der Waals surface area (Å²) >= 11 is 0. The van der Waals surface area contributed by atoms with Gasteiger partial charge in [-0.15, -0.1) is 0 Å². The van der Waals surface area contributed by atoms with Crippen molar-refractivity contribution in [3.8, 4) is 0 Å². The van der Waals surface area contributed by atoms with Crippen LogP contribution in [0, 0.1) is 17.8 Å². The molecular formula is C10H15N. The lowest BCUT2D eigenvalue weighted by atomic mass is 9.82. The van der Waals surface area contributed by atoms with Crippen molar-refractivity contribution in [1.82, 2.24) is 5.32 Å². The average Bonchev–Trinajstić information content (AvgIpc) is 2.42. The van der Waals surface area contributed by atoms with Gasteiger partial charge in [-0.3, -0.25) is 0 Å². The molecule has 1 nitrogen and oxygen atoms in total. The third kappa shape index (κ3) is 0.807. The lowest BCUT2D eigenvalue weighted by Crippen LogP contribution is -2.49. The van der Waals surface area contributed by atoms with E-state index in [0.29, 0.717) is 0 Å². The standard InChI is InChI=1S/C10H15N/c1-2-8-5-7(1)6-9(8)10-3-4-11-10/h1-2,7-11H,3-6H2. The monoisotopic (exact) mass is 149 g/mol. The van der Waals surface area contributed by atoms with Gasteiger partial charge in [-0.2, -0.15) is 0 Å². The molecule has 0 aromatic rings. The van der Waals surface area contributed by atoms with Crippen LogP contribution in [0.4, 0.5) is 0 Å². The van der Waals surface area contributed by atoms with Gasteiger partial charge < -0.3 is 5.32 Å². The maximum atomic E-state index is 3.54. The number of nitrogens with one attached hydrogen (secondary N) is 1. The van der Waals surface area contributed by atoms with Crippen LogP contribution >= 0.6 is 0 Å². The molecule has 1 N–H and O–H groups in total. The van der Waals surface area contributed by atoms with Crippen LogP contribution in [-0.4, -0.2) is 12.6 Å². The minimum atomic E-state index is 0.884. The number of hydrogen-bond acceptors (Lipinski definition) is 1. The predicted molar refractivity (Wildman–Crippen MR) is 45.3 cm³/mol. The van der Waals surface area contributed by atoms with Crippen LogP contribution in [0.3, 0.4) is 0 Å². The van der Waals surface area contributed by atoms with Gasteiger partial charge in [0, 0.05) is 6.04 Å². The SMILES string of the molecule is C1=CC2CC1CC2C1CCN1. The second-order valence-corrected chi connectivity index (χ2v) is 4.29. The van der Waals surface area contributed by atoms with Crippen LogP contribution in [-0.2, 0) is 0 Å². The number of hydrogen-bond donors (Lipinski definition) is 1. The van der Waals surface area contributed by atoms with Crippen molar-refractivity contribution in [3.05, 3.63) is 12.2 Å². The van der Waals surface area contributed by atoms with Crippen LogP contribution in [0.5, 0.6) is 0 Å². The predicted octanol–water partition coefficient (Wildman–Crippen LogP) is 1.56. The van der Waals surface area contributed by atoms with E-state index in [0.717, 1.165) is 23.8 Å². The van der Waals surface area contributed by atoms with Gasteiger partial charge in [-0.25, -0.2) is 0 Å². The molecule has 0 aromatic carbocycles. The van der Waals surface area contributed by atoms with E-state index in [1.54, 1.807) is 0 Å². The minimum absolute atomic E-state index is 0.884. The molecule has 3 aliphatic rings. The van der Waals surface area contributed by atoms with Gasteiger partial charge in [-0.1, -0.05) is 12.2 Å². The van der Waals surface area contributed by atoms with E-state index in [1.807, 2.05) is 0 Å². The molecular weight excluding hydrogens is 134 g/mol. The Morgan fingerprint density at radius 2 is 2.09 bits per heavy atom. The molecule has 2 fully saturated rings. The molecule has 2 bridgehead atoms. The Kier molecular flexibility index (Phi) is 1.19. The van der Waals surface area contributed by atoms with E-state index in [2.05, 4.69) is 17.5 Å². The molecule has 1 heteroatoms. The van der Waals surface area contributed by atoms with E-state index in [1.165, 1.54) is 25.8 Å². The van der Waals surface area contributed by atoms with Gasteiger partial charge >= 0.3 is 0 Å². The average molecular weight is 149 g/mol. The second-order valence-electron chi connectivity index (χ2n) is 4.29. The van der Waals surface area contributed by atoms with Crippen LogP contribution in [0.25, 0.3) is 0 Å². The van der Waals surface area contributed by atoms with E-state index in [4.69, 9.17) is 0 Å². The second kappa shape index (κ2) is 2.10. The lowest BCUT2D eigenvalue weighted by molar-refractivity contribution is 0.231. The van der Waals surface area contributed by atoms with Crippen molar-refractivity contribution < 1.29 is 0 Å². The summed E-state index contributed by atoms with van der Waals surface area (Å²) in [4.78, 5) is 0. The zero-order valence-corrected chi connectivity index (χ0v) is 6.79. The molecule has 0 spiro atoms. The van der Waals surface area contributed by atoms with Crippen molar-refractivity contribution in [2.45, 2.75) is 25.3 Å². The summed E-state index contributed by atoms with van der Waals surface area (Å²) in [5.41, 5.74) is 0. The third-order valence-corrected chi connectivity index (χ3v) is 3.71. The largest absolute Gasteiger partial charge is 0.314 e. The fraction of sp³-hybridized carbons (Fsp3) is 0.800. The van der Waals surface area contributed by atoms with Gasteiger partial charge in [0.15, 0.2) is 0 Å². The Hall–Kier alpha value is -0.300. The molecule has 11 heavy (non-hydrogen) atoms. The van der Waals surface area contributed by atoms with Gasteiger partial charge in [-0.05, 0) is 43.6 Å². The van der Waals surface area contributed by atoms with Gasteiger partial charge in [0.2, 0.25) is 0 Å². The molecule has 1 saturated carbocycles. The molecule has 4 unspecified atom stereocenters. The summed E-state index contributed by atoms with van der Waals surface area (Å²) in [6.07, 6.45) is 9.25. The summed E-state index contributed by atoms with van der Waals surface area (Å²) in [5, 5.41) is 3.54. The molecule has 2 aliphatic carbocycles. The number of rotatable bonds is 1. The minimum Gasteiger partial charge on any atom is -0.314 e. The van der Waals surface area contributed by atoms with E-state index in [9.17, 15) is 0 Å². The zero-order valence-electron chi connectivity index (χ0n) is 6.79. The Balaban J connectivity index is 1.75. The zero-order chi connectivity index (χ0) is 7.26. The summed E-state index contributed by atoms with van der Waals surface area (Å²) in [7, 11) is 0. The molecule has 1 aliphatic heterocycles. The van der Waals surface area contributed by atoms with Crippen molar-refractivity contribution in [1.29, 1.82) is 0 Å². The fourth-order valence-corrected chi connectivity index (χ4v) is 2.96. The maximum Gasteiger partial charge on any atom is 0.0113 e. The molecule has 0 amide bonds. The third-order valence-electron chi connectivity index (χ3n) is 3.71. The number of fused-ring (bicyclic) bond motifs is 2. The first-order valence-corrected chi connectivity index (χ1v) is 4.85. The molecule has 0 radical (unpaired) electrons. The first-order valence-electron chi connectivity index (χ1n) is 4.85. The normalized spacial score (nSPS) is 53.1. The molecule has 3 rings (SSSR count). The fourth-order valence-electron chi connectivity index (χ4n) is 2.96. The molecule has 4 atom stereocenters. The van der Waals surface area contributed by atoms with Crippen molar-refractivity contribution in [3.63, 3.8) is 0 Å². The van der Waals surface area contributed by atoms with Gasteiger partial charge in [0.25, 0.3) is 0 Å². The maximum absolute atomic E-state index is 3.54.